The number of allylic oxidation sites excluding steroid dienone is 5. The summed E-state index contributed by atoms with van der Waals surface area (Å²) in [5, 5.41) is 5.08. The molecule has 43 heavy (non-hydrogen) atoms. The molecule has 0 fully saturated rings. The summed E-state index contributed by atoms with van der Waals surface area (Å²) in [6.07, 6.45) is 6.40. The van der Waals surface area contributed by atoms with E-state index in [9.17, 15) is 0 Å². The molecular weight excluding hydrogens is 520 g/mol. The number of aromatic nitrogens is 2. The topological polar surface area (TPSA) is 9.86 Å². The van der Waals surface area contributed by atoms with Gasteiger partial charge >= 0.3 is 0 Å². The standard InChI is InChI=1S/C41H36N2/c1-28(14-12-15-29(2)42-37-21-9-6-18-33(37)34-19-7-10-22-38(34)42)30-16-13-17-32(26-30)43-39-23-11-8-20-35(39)36-27-31(41(3,4)5)24-25-40(36)43/h6-27H,2H2,1,3-5H3/b15-12-,28-14+. The fourth-order valence-electron chi connectivity index (χ4n) is 6.31. The van der Waals surface area contributed by atoms with Crippen LogP contribution in [0.3, 0.4) is 0 Å². The summed E-state index contributed by atoms with van der Waals surface area (Å²) in [6.45, 7) is 13.4. The Hall–Kier alpha value is -5.08. The fourth-order valence-corrected chi connectivity index (χ4v) is 6.31. The molecule has 5 aromatic carbocycles. The van der Waals surface area contributed by atoms with Gasteiger partial charge in [-0.15, -0.1) is 0 Å². The Balaban J connectivity index is 1.25. The first kappa shape index (κ1) is 26.8. The SMILES string of the molecule is C=C(/C=C\C=C(/C)c1cccc(-n2c3ccccc3c3cc(C(C)(C)C)ccc32)c1)n1c2ccccc2c2ccccc21. The Kier molecular flexibility index (Phi) is 6.43. The first-order valence-corrected chi connectivity index (χ1v) is 15.0. The van der Waals surface area contributed by atoms with E-state index >= 15 is 0 Å². The molecule has 0 saturated heterocycles. The highest BCUT2D eigenvalue weighted by atomic mass is 15.0. The van der Waals surface area contributed by atoms with Gasteiger partial charge in [0, 0.05) is 32.9 Å². The molecule has 0 aliphatic rings. The van der Waals surface area contributed by atoms with Crippen LogP contribution in [0.2, 0.25) is 0 Å². The average molecular weight is 557 g/mol. The number of hydrogen-bond donors (Lipinski definition) is 0. The summed E-state index contributed by atoms with van der Waals surface area (Å²) in [4.78, 5) is 0. The van der Waals surface area contributed by atoms with Crippen molar-refractivity contribution in [3.63, 3.8) is 0 Å². The molecule has 210 valence electrons. The molecule has 2 aromatic heterocycles. The highest BCUT2D eigenvalue weighted by Gasteiger charge is 2.18. The molecule has 0 unspecified atom stereocenters. The molecule has 7 aromatic rings. The zero-order chi connectivity index (χ0) is 29.7. The maximum Gasteiger partial charge on any atom is 0.0541 e. The van der Waals surface area contributed by atoms with Crippen LogP contribution in [0.5, 0.6) is 0 Å². The van der Waals surface area contributed by atoms with Crippen LogP contribution < -0.4 is 0 Å². The van der Waals surface area contributed by atoms with Crippen LogP contribution in [-0.2, 0) is 5.41 Å². The van der Waals surface area contributed by atoms with Gasteiger partial charge in [-0.05, 0) is 77.6 Å². The van der Waals surface area contributed by atoms with Crippen LogP contribution >= 0.6 is 0 Å². The Morgan fingerprint density at radius 3 is 1.86 bits per heavy atom. The first-order valence-electron chi connectivity index (χ1n) is 15.0. The number of para-hydroxylation sites is 3. The van der Waals surface area contributed by atoms with Crippen LogP contribution in [0.4, 0.5) is 0 Å². The zero-order valence-electron chi connectivity index (χ0n) is 25.3. The van der Waals surface area contributed by atoms with Gasteiger partial charge in [0.15, 0.2) is 0 Å². The van der Waals surface area contributed by atoms with Crippen LogP contribution in [-0.4, -0.2) is 9.13 Å². The third-order valence-electron chi connectivity index (χ3n) is 8.60. The second-order valence-corrected chi connectivity index (χ2v) is 12.5. The van der Waals surface area contributed by atoms with E-state index in [0.29, 0.717) is 0 Å². The number of hydrogen-bond acceptors (Lipinski definition) is 0. The van der Waals surface area contributed by atoms with Gasteiger partial charge in [-0.25, -0.2) is 0 Å². The average Bonchev–Trinajstić information content (AvgIpc) is 3.53. The van der Waals surface area contributed by atoms with Crippen molar-refractivity contribution in [3.05, 3.63) is 151 Å². The molecule has 0 radical (unpaired) electrons. The van der Waals surface area contributed by atoms with Crippen molar-refractivity contribution in [2.45, 2.75) is 33.1 Å². The molecule has 0 aliphatic heterocycles. The largest absolute Gasteiger partial charge is 0.310 e. The second kappa shape index (κ2) is 10.3. The summed E-state index contributed by atoms with van der Waals surface area (Å²) >= 11 is 0. The maximum atomic E-state index is 4.44. The molecule has 0 saturated carbocycles. The van der Waals surface area contributed by atoms with E-state index in [0.717, 1.165) is 5.70 Å². The predicted octanol–water partition coefficient (Wildman–Crippen LogP) is 11.3. The van der Waals surface area contributed by atoms with Crippen molar-refractivity contribution >= 4 is 54.9 Å². The zero-order valence-corrected chi connectivity index (χ0v) is 25.3. The number of rotatable bonds is 5. The van der Waals surface area contributed by atoms with Gasteiger partial charge in [-0.2, -0.15) is 0 Å². The van der Waals surface area contributed by atoms with E-state index in [4.69, 9.17) is 0 Å². The molecule has 0 atom stereocenters. The van der Waals surface area contributed by atoms with E-state index in [1.165, 1.54) is 66.0 Å². The van der Waals surface area contributed by atoms with Gasteiger partial charge in [0.25, 0.3) is 0 Å². The lowest BCUT2D eigenvalue weighted by molar-refractivity contribution is 0.591. The van der Waals surface area contributed by atoms with Crippen molar-refractivity contribution in [2.24, 2.45) is 0 Å². The predicted molar refractivity (Wildman–Crippen MR) is 187 cm³/mol. The highest BCUT2D eigenvalue weighted by Crippen LogP contribution is 2.36. The molecule has 7 rings (SSSR count). The first-order chi connectivity index (χ1) is 20.8. The van der Waals surface area contributed by atoms with Crippen molar-refractivity contribution in [1.82, 2.24) is 9.13 Å². The quantitative estimate of drug-likeness (QED) is 0.187. The number of nitrogens with zero attached hydrogens (tertiary/aromatic N) is 2. The van der Waals surface area contributed by atoms with Gasteiger partial charge in [0.1, 0.15) is 0 Å². The molecule has 0 aliphatic carbocycles. The molecule has 0 amide bonds. The molecule has 2 heteroatoms. The van der Waals surface area contributed by atoms with E-state index in [-0.39, 0.29) is 5.41 Å². The summed E-state index contributed by atoms with van der Waals surface area (Å²) in [7, 11) is 0. The van der Waals surface area contributed by atoms with Crippen LogP contribution in [0.1, 0.15) is 38.8 Å². The van der Waals surface area contributed by atoms with E-state index < -0.39 is 0 Å². The third-order valence-corrected chi connectivity index (χ3v) is 8.60. The Morgan fingerprint density at radius 1 is 0.628 bits per heavy atom. The lowest BCUT2D eigenvalue weighted by Gasteiger charge is -2.19. The van der Waals surface area contributed by atoms with Crippen LogP contribution in [0.15, 0.2) is 140 Å². The number of fused-ring (bicyclic) bond motifs is 6. The van der Waals surface area contributed by atoms with Gasteiger partial charge in [0.2, 0.25) is 0 Å². The van der Waals surface area contributed by atoms with Crippen LogP contribution in [0.25, 0.3) is 60.6 Å². The van der Waals surface area contributed by atoms with Gasteiger partial charge in [-0.1, -0.05) is 112 Å². The minimum absolute atomic E-state index is 0.0968. The van der Waals surface area contributed by atoms with Crippen molar-refractivity contribution in [3.8, 4) is 5.69 Å². The molecule has 0 spiro atoms. The summed E-state index contributed by atoms with van der Waals surface area (Å²) in [5.74, 6) is 0. The molecule has 0 N–H and O–H groups in total. The fraction of sp³-hybridized carbons (Fsp3) is 0.122. The third kappa shape index (κ3) is 4.60. The Morgan fingerprint density at radius 2 is 1.21 bits per heavy atom. The van der Waals surface area contributed by atoms with Crippen molar-refractivity contribution in [1.29, 1.82) is 0 Å². The molecule has 2 heterocycles. The molecule has 2 nitrogen and oxygen atoms in total. The van der Waals surface area contributed by atoms with Gasteiger partial charge in [0.05, 0.1) is 22.1 Å². The van der Waals surface area contributed by atoms with Gasteiger partial charge in [-0.3, -0.25) is 0 Å². The number of benzene rings is 5. The minimum atomic E-state index is 0.0968. The molecular formula is C41H36N2. The Bertz CT molecular complexity index is 2190. The Labute approximate surface area is 253 Å². The second-order valence-electron chi connectivity index (χ2n) is 12.5. The van der Waals surface area contributed by atoms with E-state index in [1.807, 2.05) is 0 Å². The van der Waals surface area contributed by atoms with Crippen LogP contribution in [0, 0.1) is 0 Å². The summed E-state index contributed by atoms with van der Waals surface area (Å²) in [6, 6.07) is 41.6. The normalized spacial score (nSPS) is 12.8. The summed E-state index contributed by atoms with van der Waals surface area (Å²) < 4.78 is 4.64. The minimum Gasteiger partial charge on any atom is -0.310 e. The van der Waals surface area contributed by atoms with E-state index in [2.05, 4.69) is 177 Å². The highest BCUT2D eigenvalue weighted by molar-refractivity contribution is 6.11. The van der Waals surface area contributed by atoms with Crippen molar-refractivity contribution in [2.75, 3.05) is 0 Å². The lowest BCUT2D eigenvalue weighted by atomic mass is 9.86. The van der Waals surface area contributed by atoms with Crippen molar-refractivity contribution < 1.29 is 0 Å². The van der Waals surface area contributed by atoms with Gasteiger partial charge < -0.3 is 9.13 Å². The monoisotopic (exact) mass is 556 g/mol. The lowest BCUT2D eigenvalue weighted by Crippen LogP contribution is -2.10. The molecule has 0 bridgehead atoms. The smallest absolute Gasteiger partial charge is 0.0541 e. The summed E-state index contributed by atoms with van der Waals surface area (Å²) in [5.41, 5.74) is 10.8. The maximum absolute atomic E-state index is 4.44. The van der Waals surface area contributed by atoms with E-state index in [1.54, 1.807) is 0 Å².